The number of hydrogen-bond acceptors (Lipinski definition) is 4. The number of H-pyrrole nitrogens is 1. The maximum Gasteiger partial charge on any atom is 0.224 e. The van der Waals surface area contributed by atoms with Gasteiger partial charge in [-0.3, -0.25) is 4.79 Å². The number of aromatic nitrogens is 3. The van der Waals surface area contributed by atoms with Gasteiger partial charge in [0.2, 0.25) is 5.91 Å². The van der Waals surface area contributed by atoms with E-state index in [2.05, 4.69) is 58.1 Å². The fourth-order valence-electron chi connectivity index (χ4n) is 5.48. The first-order chi connectivity index (χ1) is 18.1. The van der Waals surface area contributed by atoms with Crippen LogP contribution in [0.25, 0.3) is 22.3 Å². The van der Waals surface area contributed by atoms with E-state index in [0.29, 0.717) is 26.0 Å². The van der Waals surface area contributed by atoms with Crippen LogP contribution in [0.4, 0.5) is 0 Å². The molecule has 0 aliphatic carbocycles. The molecule has 4 aromatic rings. The molecule has 7 heteroatoms. The van der Waals surface area contributed by atoms with Gasteiger partial charge in [0.1, 0.15) is 5.82 Å². The highest BCUT2D eigenvalue weighted by molar-refractivity contribution is 5.78. The lowest BCUT2D eigenvalue weighted by atomic mass is 9.95. The summed E-state index contributed by atoms with van der Waals surface area (Å²) in [6, 6.07) is 20.5. The third-order valence-electron chi connectivity index (χ3n) is 7.35. The van der Waals surface area contributed by atoms with Crippen molar-refractivity contribution >= 4 is 16.9 Å². The first kappa shape index (κ1) is 25.2. The molecule has 0 saturated carbocycles. The second kappa shape index (κ2) is 11.8. The predicted octanol–water partition coefficient (Wildman–Crippen LogP) is 4.73. The molecule has 194 valence electrons. The lowest BCUT2D eigenvalue weighted by molar-refractivity contribution is -0.132. The van der Waals surface area contributed by atoms with Crippen molar-refractivity contribution < 1.29 is 9.53 Å². The molecule has 1 aliphatic rings. The summed E-state index contributed by atoms with van der Waals surface area (Å²) >= 11 is 0. The van der Waals surface area contributed by atoms with Crippen molar-refractivity contribution in [1.82, 2.24) is 19.4 Å². The van der Waals surface area contributed by atoms with E-state index < -0.39 is 0 Å². The van der Waals surface area contributed by atoms with Crippen molar-refractivity contribution in [2.45, 2.75) is 50.6 Å². The number of likely N-dealkylation sites (tertiary alicyclic amines) is 1. The molecule has 7 nitrogen and oxygen atoms in total. The summed E-state index contributed by atoms with van der Waals surface area (Å²) in [5, 5.41) is 0. The highest BCUT2D eigenvalue weighted by Crippen LogP contribution is 2.30. The molecule has 2 atom stereocenters. The maximum absolute atomic E-state index is 13.3. The number of ether oxygens (including phenoxy) is 1. The van der Waals surface area contributed by atoms with Gasteiger partial charge in [0.25, 0.3) is 0 Å². The molecule has 0 spiro atoms. The minimum absolute atomic E-state index is 0.141. The zero-order valence-corrected chi connectivity index (χ0v) is 21.6. The highest BCUT2D eigenvalue weighted by Gasteiger charge is 2.29. The van der Waals surface area contributed by atoms with Crippen molar-refractivity contribution in [3.8, 4) is 11.3 Å². The first-order valence-electron chi connectivity index (χ1n) is 13.3. The van der Waals surface area contributed by atoms with E-state index in [1.165, 1.54) is 0 Å². The molecule has 37 heavy (non-hydrogen) atoms. The molecule has 5 rings (SSSR count). The summed E-state index contributed by atoms with van der Waals surface area (Å²) in [6.07, 6.45) is 5.91. The number of benzene rings is 2. The molecule has 0 unspecified atom stereocenters. The number of nitrogens with one attached hydrogen (secondary N) is 1. The second-order valence-electron chi connectivity index (χ2n) is 10.1. The number of nitrogens with zero attached hydrogens (tertiary/aromatic N) is 3. The number of methoxy groups -OCH3 is 1. The van der Waals surface area contributed by atoms with Gasteiger partial charge >= 0.3 is 0 Å². The number of carbonyl (C=O) groups is 1. The zero-order chi connectivity index (χ0) is 25.6. The van der Waals surface area contributed by atoms with E-state index in [1.54, 1.807) is 7.11 Å². The van der Waals surface area contributed by atoms with Crippen LogP contribution in [-0.2, 0) is 22.5 Å². The average Bonchev–Trinajstić information content (AvgIpc) is 3.58. The monoisotopic (exact) mass is 499 g/mol. The van der Waals surface area contributed by atoms with E-state index in [0.717, 1.165) is 66.0 Å². The predicted molar refractivity (Wildman–Crippen MR) is 147 cm³/mol. The Morgan fingerprint density at radius 3 is 2.78 bits per heavy atom. The molecule has 1 fully saturated rings. The number of carbonyl (C=O) groups excluding carboxylic acids is 1. The fraction of sp³-hybridized carbons (Fsp3) is 0.400. The summed E-state index contributed by atoms with van der Waals surface area (Å²) in [7, 11) is 1.74. The van der Waals surface area contributed by atoms with Crippen LogP contribution in [0.1, 0.15) is 43.0 Å². The molecule has 3 heterocycles. The molecule has 2 aromatic heterocycles. The van der Waals surface area contributed by atoms with Gasteiger partial charge in [-0.05, 0) is 61.1 Å². The van der Waals surface area contributed by atoms with Gasteiger partial charge in [0, 0.05) is 63.6 Å². The lowest BCUT2D eigenvalue weighted by Crippen LogP contribution is -2.42. The van der Waals surface area contributed by atoms with E-state index >= 15 is 0 Å². The molecule has 3 N–H and O–H groups in total. The Kier molecular flexibility index (Phi) is 8.02. The summed E-state index contributed by atoms with van der Waals surface area (Å²) in [5.41, 5.74) is 12.0. The number of amides is 1. The smallest absolute Gasteiger partial charge is 0.224 e. The number of aryl methyl sites for hydroxylation is 1. The van der Waals surface area contributed by atoms with Crippen molar-refractivity contribution in [2.24, 2.45) is 5.73 Å². The summed E-state index contributed by atoms with van der Waals surface area (Å²) < 4.78 is 7.62. The normalized spacial score (nSPS) is 16.8. The molecule has 1 amide bonds. The van der Waals surface area contributed by atoms with Gasteiger partial charge in [-0.15, -0.1) is 0 Å². The minimum Gasteiger partial charge on any atom is -0.385 e. The molecular weight excluding hydrogens is 462 g/mol. The van der Waals surface area contributed by atoms with E-state index in [-0.39, 0.29) is 17.9 Å². The summed E-state index contributed by atoms with van der Waals surface area (Å²) in [6.45, 7) is 3.07. The SMILES string of the molecule is COCCCn1c([C@@H]2CCCN(C(=O)C[C@H](N)Cc3ccc(-c4ccc[nH]4)cc3)C2)nc2ccccc21. The number of imidazole rings is 1. The van der Waals surface area contributed by atoms with Crippen LogP contribution < -0.4 is 5.73 Å². The molecule has 2 aromatic carbocycles. The minimum atomic E-state index is -0.206. The summed E-state index contributed by atoms with van der Waals surface area (Å²) in [4.78, 5) is 23.5. The number of piperidine rings is 1. The lowest BCUT2D eigenvalue weighted by Gasteiger charge is -2.33. The largest absolute Gasteiger partial charge is 0.385 e. The maximum atomic E-state index is 13.3. The third-order valence-corrected chi connectivity index (χ3v) is 7.35. The first-order valence-corrected chi connectivity index (χ1v) is 13.3. The van der Waals surface area contributed by atoms with Gasteiger partial charge in [0.05, 0.1) is 11.0 Å². The van der Waals surface area contributed by atoms with Crippen molar-refractivity contribution in [1.29, 1.82) is 0 Å². The Hall–Kier alpha value is -3.42. The molecule has 1 saturated heterocycles. The molecular formula is C30H37N5O2. The molecule has 0 bridgehead atoms. The Balaban J connectivity index is 1.22. The van der Waals surface area contributed by atoms with Crippen LogP contribution in [0.2, 0.25) is 0 Å². The molecule has 0 radical (unpaired) electrons. The quantitative estimate of drug-likeness (QED) is 0.309. The highest BCUT2D eigenvalue weighted by atomic mass is 16.5. The van der Waals surface area contributed by atoms with Crippen LogP contribution >= 0.6 is 0 Å². The van der Waals surface area contributed by atoms with Crippen LogP contribution in [0.5, 0.6) is 0 Å². The van der Waals surface area contributed by atoms with Gasteiger partial charge in [-0.25, -0.2) is 4.98 Å². The Morgan fingerprint density at radius 1 is 1.16 bits per heavy atom. The number of para-hydroxylation sites is 2. The van der Waals surface area contributed by atoms with Crippen molar-refractivity contribution in [2.75, 3.05) is 26.8 Å². The van der Waals surface area contributed by atoms with Crippen LogP contribution in [0, 0.1) is 0 Å². The average molecular weight is 500 g/mol. The van der Waals surface area contributed by atoms with Gasteiger partial charge in [-0.1, -0.05) is 36.4 Å². The standard InChI is InChI=1S/C30H37N5O2/c1-37-18-6-17-35-28-10-3-2-8-27(28)33-30(35)24-7-5-16-34(21-24)29(36)20-25(31)19-22-11-13-23(14-12-22)26-9-4-15-32-26/h2-4,8-15,24-25,32H,5-7,16-21,31H2,1H3/t24-,25-/m1/s1. The number of rotatable bonds is 10. The summed E-state index contributed by atoms with van der Waals surface area (Å²) in [5.74, 6) is 1.45. The fourth-order valence-corrected chi connectivity index (χ4v) is 5.48. The number of aromatic amines is 1. The van der Waals surface area contributed by atoms with Crippen LogP contribution in [0.15, 0.2) is 66.9 Å². The van der Waals surface area contributed by atoms with E-state index in [1.807, 2.05) is 23.2 Å². The van der Waals surface area contributed by atoms with Gasteiger partial charge < -0.3 is 24.9 Å². The molecule has 1 aliphatic heterocycles. The Bertz CT molecular complexity index is 1300. The van der Waals surface area contributed by atoms with Gasteiger partial charge in [-0.2, -0.15) is 0 Å². The number of hydrogen-bond donors (Lipinski definition) is 2. The zero-order valence-electron chi connectivity index (χ0n) is 21.6. The Morgan fingerprint density at radius 2 is 2.00 bits per heavy atom. The van der Waals surface area contributed by atoms with E-state index in [4.69, 9.17) is 15.5 Å². The second-order valence-corrected chi connectivity index (χ2v) is 10.1. The van der Waals surface area contributed by atoms with Crippen LogP contribution in [0.3, 0.4) is 0 Å². The number of fused-ring (bicyclic) bond motifs is 1. The van der Waals surface area contributed by atoms with Crippen LogP contribution in [-0.4, -0.2) is 58.2 Å². The van der Waals surface area contributed by atoms with Crippen molar-refractivity contribution in [3.05, 3.63) is 78.2 Å². The van der Waals surface area contributed by atoms with E-state index in [9.17, 15) is 4.79 Å². The Labute approximate surface area is 218 Å². The number of nitrogens with two attached hydrogens (primary N) is 1. The topological polar surface area (TPSA) is 89.2 Å². The third kappa shape index (κ3) is 5.95. The van der Waals surface area contributed by atoms with Gasteiger partial charge in [0.15, 0.2) is 0 Å². The van der Waals surface area contributed by atoms with Crippen molar-refractivity contribution in [3.63, 3.8) is 0 Å².